The van der Waals surface area contributed by atoms with E-state index in [1.54, 1.807) is 13.2 Å². The highest BCUT2D eigenvalue weighted by Gasteiger charge is 2.30. The highest BCUT2D eigenvalue weighted by atomic mass is 16.3. The van der Waals surface area contributed by atoms with Gasteiger partial charge in [0.05, 0.1) is 18.3 Å². The van der Waals surface area contributed by atoms with E-state index in [4.69, 9.17) is 0 Å². The van der Waals surface area contributed by atoms with Crippen molar-refractivity contribution in [1.29, 1.82) is 0 Å². The Hall–Kier alpha value is -1.47. The number of amides is 1. The Kier molecular flexibility index (Phi) is 3.39. The van der Waals surface area contributed by atoms with E-state index in [0.29, 0.717) is 19.4 Å². The summed E-state index contributed by atoms with van der Waals surface area (Å²) in [6.45, 7) is 1.97. The standard InChI is InChI=1S/C10H17N5O2/c1-11-9(16)8-6-15(14-13-8)7-10(17)2-4-12-5-3-10/h6,12,17H,2-5,7H2,1H3,(H,11,16). The first-order chi connectivity index (χ1) is 8.13. The van der Waals surface area contributed by atoms with Crippen molar-refractivity contribution in [2.45, 2.75) is 25.0 Å². The first kappa shape index (κ1) is 12.0. The number of hydrogen-bond acceptors (Lipinski definition) is 5. The van der Waals surface area contributed by atoms with Crippen molar-refractivity contribution in [3.63, 3.8) is 0 Å². The third-order valence-electron chi connectivity index (χ3n) is 2.99. The molecule has 1 aliphatic rings. The van der Waals surface area contributed by atoms with Crippen LogP contribution in [0.15, 0.2) is 6.20 Å². The van der Waals surface area contributed by atoms with Gasteiger partial charge < -0.3 is 15.7 Å². The van der Waals surface area contributed by atoms with E-state index in [1.165, 1.54) is 4.68 Å². The first-order valence-electron chi connectivity index (χ1n) is 5.68. The van der Waals surface area contributed by atoms with Crippen molar-refractivity contribution >= 4 is 5.91 Å². The van der Waals surface area contributed by atoms with Crippen LogP contribution in [0.3, 0.4) is 0 Å². The molecule has 2 rings (SSSR count). The molecule has 1 amide bonds. The van der Waals surface area contributed by atoms with Crippen LogP contribution in [0.25, 0.3) is 0 Å². The summed E-state index contributed by atoms with van der Waals surface area (Å²) >= 11 is 0. The average Bonchev–Trinajstić information content (AvgIpc) is 2.76. The predicted molar refractivity (Wildman–Crippen MR) is 60.5 cm³/mol. The van der Waals surface area contributed by atoms with Crippen LogP contribution in [0, 0.1) is 0 Å². The topological polar surface area (TPSA) is 92.1 Å². The fraction of sp³-hybridized carbons (Fsp3) is 0.700. The molecule has 2 heterocycles. The lowest BCUT2D eigenvalue weighted by atomic mass is 9.92. The normalized spacial score (nSPS) is 18.9. The maximum absolute atomic E-state index is 11.3. The smallest absolute Gasteiger partial charge is 0.273 e. The van der Waals surface area contributed by atoms with Crippen molar-refractivity contribution in [2.24, 2.45) is 0 Å². The van der Waals surface area contributed by atoms with E-state index < -0.39 is 5.60 Å². The molecule has 0 bridgehead atoms. The highest BCUT2D eigenvalue weighted by Crippen LogP contribution is 2.19. The van der Waals surface area contributed by atoms with Crippen LogP contribution < -0.4 is 10.6 Å². The predicted octanol–water partition coefficient (Wildman–Crippen LogP) is -1.25. The highest BCUT2D eigenvalue weighted by molar-refractivity contribution is 5.91. The van der Waals surface area contributed by atoms with Crippen LogP contribution >= 0.6 is 0 Å². The molecule has 3 N–H and O–H groups in total. The van der Waals surface area contributed by atoms with Gasteiger partial charge in [0, 0.05) is 7.05 Å². The van der Waals surface area contributed by atoms with Gasteiger partial charge in [-0.3, -0.25) is 4.79 Å². The zero-order valence-corrected chi connectivity index (χ0v) is 9.81. The largest absolute Gasteiger partial charge is 0.388 e. The van der Waals surface area contributed by atoms with Crippen molar-refractivity contribution in [2.75, 3.05) is 20.1 Å². The van der Waals surface area contributed by atoms with E-state index in [0.717, 1.165) is 13.1 Å². The van der Waals surface area contributed by atoms with Gasteiger partial charge in [-0.25, -0.2) is 4.68 Å². The minimum atomic E-state index is -0.751. The Labute approximate surface area is 99.2 Å². The number of aromatic nitrogens is 3. The molecule has 0 unspecified atom stereocenters. The summed E-state index contributed by atoms with van der Waals surface area (Å²) < 4.78 is 1.52. The van der Waals surface area contributed by atoms with E-state index in [1.807, 2.05) is 0 Å². The summed E-state index contributed by atoms with van der Waals surface area (Å²) in [6.07, 6.45) is 2.92. The molecule has 1 saturated heterocycles. The zero-order chi connectivity index (χ0) is 12.3. The minimum Gasteiger partial charge on any atom is -0.388 e. The number of piperidine rings is 1. The lowest BCUT2D eigenvalue weighted by Crippen LogP contribution is -2.44. The van der Waals surface area contributed by atoms with Crippen molar-refractivity contribution in [3.8, 4) is 0 Å². The summed E-state index contributed by atoms with van der Waals surface area (Å²) in [5, 5.41) is 23.6. The molecular formula is C10H17N5O2. The second-order valence-corrected chi connectivity index (χ2v) is 4.35. The maximum atomic E-state index is 11.3. The Morgan fingerprint density at radius 2 is 2.35 bits per heavy atom. The second kappa shape index (κ2) is 4.80. The van der Waals surface area contributed by atoms with E-state index >= 15 is 0 Å². The molecule has 7 nitrogen and oxygen atoms in total. The molecule has 1 aliphatic heterocycles. The lowest BCUT2D eigenvalue weighted by Gasteiger charge is -2.32. The summed E-state index contributed by atoms with van der Waals surface area (Å²) in [5.74, 6) is -0.270. The van der Waals surface area contributed by atoms with Gasteiger partial charge >= 0.3 is 0 Å². The average molecular weight is 239 g/mol. The van der Waals surface area contributed by atoms with Gasteiger partial charge in [-0.2, -0.15) is 0 Å². The maximum Gasteiger partial charge on any atom is 0.273 e. The van der Waals surface area contributed by atoms with Gasteiger partial charge in [0.2, 0.25) is 0 Å². The molecule has 0 radical (unpaired) electrons. The van der Waals surface area contributed by atoms with E-state index in [-0.39, 0.29) is 11.6 Å². The van der Waals surface area contributed by atoms with Gasteiger partial charge in [-0.1, -0.05) is 5.21 Å². The van der Waals surface area contributed by atoms with Crippen LogP contribution in [-0.4, -0.2) is 51.7 Å². The van der Waals surface area contributed by atoms with Gasteiger partial charge in [-0.05, 0) is 25.9 Å². The van der Waals surface area contributed by atoms with Crippen LogP contribution in [0.4, 0.5) is 0 Å². The Bertz CT molecular complexity index is 397. The molecule has 0 spiro atoms. The molecule has 0 saturated carbocycles. The molecule has 0 atom stereocenters. The number of nitrogens with one attached hydrogen (secondary N) is 2. The number of carbonyl (C=O) groups is 1. The molecule has 1 fully saturated rings. The Morgan fingerprint density at radius 3 is 3.00 bits per heavy atom. The van der Waals surface area contributed by atoms with Crippen LogP contribution in [-0.2, 0) is 6.54 Å². The second-order valence-electron chi connectivity index (χ2n) is 4.35. The fourth-order valence-corrected chi connectivity index (χ4v) is 1.96. The van der Waals surface area contributed by atoms with Gasteiger partial charge in [0.15, 0.2) is 5.69 Å². The van der Waals surface area contributed by atoms with Gasteiger partial charge in [0.25, 0.3) is 5.91 Å². The minimum absolute atomic E-state index is 0.269. The Balaban J connectivity index is 2.03. The number of nitrogens with zero attached hydrogens (tertiary/aromatic N) is 3. The molecule has 7 heteroatoms. The monoisotopic (exact) mass is 239 g/mol. The van der Waals surface area contributed by atoms with Crippen LogP contribution in [0.5, 0.6) is 0 Å². The molecule has 94 valence electrons. The first-order valence-corrected chi connectivity index (χ1v) is 5.68. The van der Waals surface area contributed by atoms with E-state index in [9.17, 15) is 9.90 Å². The fourth-order valence-electron chi connectivity index (χ4n) is 1.96. The Morgan fingerprint density at radius 1 is 1.65 bits per heavy atom. The molecule has 0 aliphatic carbocycles. The SMILES string of the molecule is CNC(=O)c1cn(CC2(O)CCNCC2)nn1. The number of rotatable bonds is 3. The lowest BCUT2D eigenvalue weighted by molar-refractivity contribution is -0.00866. The molecule has 1 aromatic heterocycles. The number of hydrogen-bond donors (Lipinski definition) is 3. The van der Waals surface area contributed by atoms with E-state index in [2.05, 4.69) is 20.9 Å². The molecule has 17 heavy (non-hydrogen) atoms. The van der Waals surface area contributed by atoms with Crippen molar-refractivity contribution in [1.82, 2.24) is 25.6 Å². The van der Waals surface area contributed by atoms with Crippen molar-refractivity contribution in [3.05, 3.63) is 11.9 Å². The van der Waals surface area contributed by atoms with Crippen molar-refractivity contribution < 1.29 is 9.90 Å². The summed E-state index contributed by atoms with van der Waals surface area (Å²) in [4.78, 5) is 11.3. The van der Waals surface area contributed by atoms with Crippen LogP contribution in [0.2, 0.25) is 0 Å². The molecule has 1 aromatic rings. The summed E-state index contributed by atoms with van der Waals surface area (Å²) in [5.41, 5.74) is -0.483. The third-order valence-corrected chi connectivity index (χ3v) is 2.99. The van der Waals surface area contributed by atoms with Crippen LogP contribution in [0.1, 0.15) is 23.3 Å². The number of aliphatic hydroxyl groups is 1. The zero-order valence-electron chi connectivity index (χ0n) is 9.81. The van der Waals surface area contributed by atoms with Gasteiger partial charge in [0.1, 0.15) is 0 Å². The summed E-state index contributed by atoms with van der Waals surface area (Å²) in [7, 11) is 1.54. The molecular weight excluding hydrogens is 222 g/mol. The quantitative estimate of drug-likeness (QED) is 0.613. The molecule has 0 aromatic carbocycles. The number of carbonyl (C=O) groups excluding carboxylic acids is 1. The third kappa shape index (κ3) is 2.80. The van der Waals surface area contributed by atoms with Gasteiger partial charge in [-0.15, -0.1) is 5.10 Å². The summed E-state index contributed by atoms with van der Waals surface area (Å²) in [6, 6.07) is 0.